The molecule has 2 aromatic carbocycles. The lowest BCUT2D eigenvalue weighted by atomic mass is 10.1. The van der Waals surface area contributed by atoms with Crippen molar-refractivity contribution in [1.82, 2.24) is 15.5 Å². The summed E-state index contributed by atoms with van der Waals surface area (Å²) in [7, 11) is 0. The molecule has 0 saturated carbocycles. The fourth-order valence-electron chi connectivity index (χ4n) is 2.87. The molecule has 24 heavy (non-hydrogen) atoms. The third-order valence-electron chi connectivity index (χ3n) is 4.06. The van der Waals surface area contributed by atoms with Gasteiger partial charge in [0.25, 0.3) is 0 Å². The Balaban J connectivity index is 0.00000169. The zero-order valence-electron chi connectivity index (χ0n) is 12.9. The second kappa shape index (κ2) is 7.34. The van der Waals surface area contributed by atoms with Crippen molar-refractivity contribution in [3.8, 4) is 17.1 Å². The molecule has 1 aliphatic rings. The van der Waals surface area contributed by atoms with Gasteiger partial charge in [0, 0.05) is 27.9 Å². The van der Waals surface area contributed by atoms with Gasteiger partial charge in [-0.3, -0.25) is 0 Å². The Morgan fingerprint density at radius 3 is 2.46 bits per heavy atom. The first kappa shape index (κ1) is 17.0. The molecule has 1 aromatic heterocycles. The van der Waals surface area contributed by atoms with Crippen LogP contribution in [0.15, 0.2) is 48.5 Å². The van der Waals surface area contributed by atoms with Crippen molar-refractivity contribution in [2.45, 2.75) is 12.5 Å². The average Bonchev–Trinajstić information content (AvgIpc) is 3.09. The van der Waals surface area contributed by atoms with Gasteiger partial charge in [0.15, 0.2) is 0 Å². The highest BCUT2D eigenvalue weighted by atomic mass is 35.5. The van der Waals surface area contributed by atoms with E-state index in [9.17, 15) is 0 Å². The summed E-state index contributed by atoms with van der Waals surface area (Å²) < 4.78 is 6.04. The van der Waals surface area contributed by atoms with Crippen LogP contribution in [-0.4, -0.2) is 29.4 Å². The van der Waals surface area contributed by atoms with Gasteiger partial charge >= 0.3 is 0 Å². The summed E-state index contributed by atoms with van der Waals surface area (Å²) >= 11 is 5.98. The predicted molar refractivity (Wildman–Crippen MR) is 99.1 cm³/mol. The average molecular weight is 362 g/mol. The van der Waals surface area contributed by atoms with E-state index >= 15 is 0 Å². The number of fused-ring (bicyclic) bond motifs is 1. The molecule has 1 atom stereocenters. The standard InChI is InChI=1S/C18H16ClN3O.ClH/c19-13-7-5-12(6-8-13)17-15-3-1-2-4-16(15)18(22-21-17)23-14-9-10-20-11-14;/h1-8,14,20H,9-11H2;1H/t14-;/m0./s1. The zero-order chi connectivity index (χ0) is 15.6. The second-order valence-electron chi connectivity index (χ2n) is 5.64. The molecular formula is C18H17Cl2N3O. The fourth-order valence-corrected chi connectivity index (χ4v) is 3.00. The van der Waals surface area contributed by atoms with E-state index in [2.05, 4.69) is 15.5 Å². The first-order valence-electron chi connectivity index (χ1n) is 7.70. The smallest absolute Gasteiger partial charge is 0.241 e. The summed E-state index contributed by atoms with van der Waals surface area (Å²) in [5.74, 6) is 0.604. The molecule has 0 aliphatic carbocycles. The molecule has 4 nitrogen and oxygen atoms in total. The molecule has 6 heteroatoms. The van der Waals surface area contributed by atoms with Crippen LogP contribution in [0.2, 0.25) is 5.02 Å². The normalized spacial score (nSPS) is 16.8. The minimum Gasteiger partial charge on any atom is -0.471 e. The third-order valence-corrected chi connectivity index (χ3v) is 4.32. The van der Waals surface area contributed by atoms with Crippen LogP contribution in [0.5, 0.6) is 5.88 Å². The van der Waals surface area contributed by atoms with Crippen LogP contribution in [0.25, 0.3) is 22.0 Å². The number of aromatic nitrogens is 2. The van der Waals surface area contributed by atoms with Crippen LogP contribution in [-0.2, 0) is 0 Å². The van der Waals surface area contributed by atoms with E-state index in [-0.39, 0.29) is 18.5 Å². The van der Waals surface area contributed by atoms with Crippen LogP contribution >= 0.6 is 24.0 Å². The number of benzene rings is 2. The highest BCUT2D eigenvalue weighted by molar-refractivity contribution is 6.30. The maximum Gasteiger partial charge on any atom is 0.241 e. The highest BCUT2D eigenvalue weighted by Gasteiger charge is 2.19. The first-order valence-corrected chi connectivity index (χ1v) is 8.08. The van der Waals surface area contributed by atoms with E-state index in [1.54, 1.807) is 0 Å². The predicted octanol–water partition coefficient (Wildman–Crippen LogP) is 4.11. The van der Waals surface area contributed by atoms with Crippen molar-refractivity contribution in [1.29, 1.82) is 0 Å². The lowest BCUT2D eigenvalue weighted by molar-refractivity contribution is 0.215. The molecule has 2 heterocycles. The van der Waals surface area contributed by atoms with Gasteiger partial charge in [-0.2, -0.15) is 0 Å². The van der Waals surface area contributed by atoms with Crippen LogP contribution in [0.3, 0.4) is 0 Å². The van der Waals surface area contributed by atoms with E-state index in [0.29, 0.717) is 10.9 Å². The van der Waals surface area contributed by atoms with Gasteiger partial charge in [-0.1, -0.05) is 41.9 Å². The van der Waals surface area contributed by atoms with Crippen LogP contribution < -0.4 is 10.1 Å². The Labute approximate surface area is 151 Å². The van der Waals surface area contributed by atoms with E-state index in [1.165, 1.54) is 0 Å². The number of nitrogens with one attached hydrogen (secondary N) is 1. The Morgan fingerprint density at radius 2 is 1.75 bits per heavy atom. The molecule has 1 fully saturated rings. The summed E-state index contributed by atoms with van der Waals surface area (Å²) in [4.78, 5) is 0. The maximum atomic E-state index is 6.04. The van der Waals surface area contributed by atoms with E-state index < -0.39 is 0 Å². The quantitative estimate of drug-likeness (QED) is 0.762. The number of hydrogen-bond acceptors (Lipinski definition) is 4. The summed E-state index contributed by atoms with van der Waals surface area (Å²) in [5, 5.41) is 14.8. The van der Waals surface area contributed by atoms with Gasteiger partial charge in [0.2, 0.25) is 5.88 Å². The van der Waals surface area contributed by atoms with Crippen LogP contribution in [0.4, 0.5) is 0 Å². The Bertz CT molecular complexity index is 833. The summed E-state index contributed by atoms with van der Waals surface area (Å²) in [6.07, 6.45) is 1.16. The molecule has 0 bridgehead atoms. The van der Waals surface area contributed by atoms with Crippen LogP contribution in [0, 0.1) is 0 Å². The lowest BCUT2D eigenvalue weighted by Crippen LogP contribution is -2.20. The third kappa shape index (κ3) is 3.31. The molecule has 124 valence electrons. The summed E-state index contributed by atoms with van der Waals surface area (Å²) in [6.45, 7) is 1.84. The van der Waals surface area contributed by atoms with Crippen molar-refractivity contribution >= 4 is 34.8 Å². The molecule has 0 radical (unpaired) electrons. The van der Waals surface area contributed by atoms with Crippen molar-refractivity contribution in [2.75, 3.05) is 13.1 Å². The van der Waals surface area contributed by atoms with Gasteiger partial charge in [0.1, 0.15) is 11.8 Å². The monoisotopic (exact) mass is 361 g/mol. The highest BCUT2D eigenvalue weighted by Crippen LogP contribution is 2.31. The molecule has 3 aromatic rings. The van der Waals surface area contributed by atoms with Crippen LogP contribution in [0.1, 0.15) is 6.42 Å². The number of nitrogens with zero attached hydrogens (tertiary/aromatic N) is 2. The van der Waals surface area contributed by atoms with Crippen molar-refractivity contribution in [3.63, 3.8) is 0 Å². The minimum atomic E-state index is 0. The second-order valence-corrected chi connectivity index (χ2v) is 6.08. The Kier molecular flexibility index (Phi) is 5.19. The first-order chi connectivity index (χ1) is 11.3. The van der Waals surface area contributed by atoms with Gasteiger partial charge < -0.3 is 10.1 Å². The van der Waals surface area contributed by atoms with E-state index in [0.717, 1.165) is 41.5 Å². The van der Waals surface area contributed by atoms with Crippen molar-refractivity contribution < 1.29 is 4.74 Å². The molecule has 1 aliphatic heterocycles. The van der Waals surface area contributed by atoms with Crippen molar-refractivity contribution in [3.05, 3.63) is 53.6 Å². The van der Waals surface area contributed by atoms with Gasteiger partial charge in [-0.05, 0) is 31.2 Å². The van der Waals surface area contributed by atoms with E-state index in [1.807, 2.05) is 48.5 Å². The SMILES string of the molecule is Cl.Clc1ccc(-c2nnc(O[C@H]3CCNC3)c3ccccc23)cc1. The van der Waals surface area contributed by atoms with Gasteiger partial charge in [-0.25, -0.2) is 0 Å². The molecule has 0 unspecified atom stereocenters. The minimum absolute atomic E-state index is 0. The fraction of sp³-hybridized carbons (Fsp3) is 0.222. The topological polar surface area (TPSA) is 47.0 Å². The molecule has 4 rings (SSSR count). The van der Waals surface area contributed by atoms with E-state index in [4.69, 9.17) is 16.3 Å². The lowest BCUT2D eigenvalue weighted by Gasteiger charge is -2.14. The molecule has 1 saturated heterocycles. The molecule has 0 amide bonds. The number of ether oxygens (including phenoxy) is 1. The Morgan fingerprint density at radius 1 is 1.00 bits per heavy atom. The van der Waals surface area contributed by atoms with Gasteiger partial charge in [-0.15, -0.1) is 22.6 Å². The maximum absolute atomic E-state index is 6.04. The molecule has 1 N–H and O–H groups in total. The number of rotatable bonds is 3. The zero-order valence-corrected chi connectivity index (χ0v) is 14.5. The molecule has 0 spiro atoms. The Hall–Kier alpha value is -1.88. The summed E-state index contributed by atoms with van der Waals surface area (Å²) in [6, 6.07) is 15.7. The largest absolute Gasteiger partial charge is 0.471 e. The molecular weight excluding hydrogens is 345 g/mol. The van der Waals surface area contributed by atoms with Crippen molar-refractivity contribution in [2.24, 2.45) is 0 Å². The number of halogens is 2. The van der Waals surface area contributed by atoms with Gasteiger partial charge in [0.05, 0.1) is 0 Å². The summed E-state index contributed by atoms with van der Waals surface area (Å²) in [5.41, 5.74) is 1.83. The number of hydrogen-bond donors (Lipinski definition) is 1.